The lowest BCUT2D eigenvalue weighted by Gasteiger charge is -2.27. The highest BCUT2D eigenvalue weighted by atomic mass is 16.3. The van der Waals surface area contributed by atoms with E-state index in [0.717, 1.165) is 6.42 Å². The van der Waals surface area contributed by atoms with Gasteiger partial charge < -0.3 is 10.4 Å². The highest BCUT2D eigenvalue weighted by Gasteiger charge is 2.22. The molecule has 0 fully saturated rings. The number of aryl methyl sites for hydroxylation is 1. The van der Waals surface area contributed by atoms with Gasteiger partial charge >= 0.3 is 0 Å². The third kappa shape index (κ3) is 3.56. The molecule has 2 N–H and O–H groups in total. The standard InChI is InChI=1S/C16H25NO/c1-12(2)17-11-15(18)10-14-8-5-7-13-6-3-4-9-16(13)14/h3-4,6,9,12,14-15,17-18H,5,7-8,10-11H2,1-2H3. The molecule has 2 rings (SSSR count). The Hall–Kier alpha value is -0.860. The van der Waals surface area contributed by atoms with Crippen molar-refractivity contribution in [2.45, 2.75) is 57.6 Å². The van der Waals surface area contributed by atoms with E-state index in [1.54, 1.807) is 0 Å². The van der Waals surface area contributed by atoms with Gasteiger partial charge in [0.1, 0.15) is 0 Å². The van der Waals surface area contributed by atoms with E-state index in [1.165, 1.54) is 30.4 Å². The summed E-state index contributed by atoms with van der Waals surface area (Å²) >= 11 is 0. The zero-order chi connectivity index (χ0) is 13.0. The van der Waals surface area contributed by atoms with Gasteiger partial charge in [0.25, 0.3) is 0 Å². The van der Waals surface area contributed by atoms with Crippen molar-refractivity contribution in [1.82, 2.24) is 5.32 Å². The van der Waals surface area contributed by atoms with Crippen LogP contribution in [0.2, 0.25) is 0 Å². The molecule has 1 aliphatic rings. The van der Waals surface area contributed by atoms with E-state index in [0.29, 0.717) is 18.5 Å². The van der Waals surface area contributed by atoms with E-state index in [4.69, 9.17) is 0 Å². The summed E-state index contributed by atoms with van der Waals surface area (Å²) in [7, 11) is 0. The van der Waals surface area contributed by atoms with Crippen molar-refractivity contribution in [2.24, 2.45) is 0 Å². The summed E-state index contributed by atoms with van der Waals surface area (Å²) in [5.41, 5.74) is 2.95. The van der Waals surface area contributed by atoms with Crippen LogP contribution in [0.4, 0.5) is 0 Å². The normalized spacial score (nSPS) is 20.8. The third-order valence-electron chi connectivity index (χ3n) is 3.81. The minimum atomic E-state index is -0.233. The lowest BCUT2D eigenvalue weighted by atomic mass is 9.80. The van der Waals surface area contributed by atoms with Gasteiger partial charge in [0.05, 0.1) is 6.10 Å². The molecular weight excluding hydrogens is 222 g/mol. The van der Waals surface area contributed by atoms with Gasteiger partial charge in [0, 0.05) is 12.6 Å². The fourth-order valence-corrected chi connectivity index (χ4v) is 2.88. The monoisotopic (exact) mass is 247 g/mol. The Morgan fingerprint density at radius 2 is 2.11 bits per heavy atom. The molecule has 1 aromatic rings. The Labute approximate surface area is 110 Å². The van der Waals surface area contributed by atoms with Crippen LogP contribution >= 0.6 is 0 Å². The van der Waals surface area contributed by atoms with E-state index in [1.807, 2.05) is 0 Å². The Balaban J connectivity index is 1.94. The van der Waals surface area contributed by atoms with Crippen molar-refractivity contribution < 1.29 is 5.11 Å². The highest BCUT2D eigenvalue weighted by molar-refractivity contribution is 5.32. The molecule has 0 aliphatic heterocycles. The predicted octanol–water partition coefficient (Wildman–Crippen LogP) is 2.86. The SMILES string of the molecule is CC(C)NCC(O)CC1CCCc2ccccc21. The molecule has 0 saturated heterocycles. The highest BCUT2D eigenvalue weighted by Crippen LogP contribution is 2.34. The first-order chi connectivity index (χ1) is 8.66. The minimum absolute atomic E-state index is 0.233. The number of hydrogen-bond donors (Lipinski definition) is 2. The number of aliphatic hydroxyl groups is 1. The van der Waals surface area contributed by atoms with Gasteiger partial charge in [0.2, 0.25) is 0 Å². The summed E-state index contributed by atoms with van der Waals surface area (Å²) in [5.74, 6) is 0.541. The second-order valence-corrected chi connectivity index (χ2v) is 5.74. The second-order valence-electron chi connectivity index (χ2n) is 5.74. The van der Waals surface area contributed by atoms with Crippen molar-refractivity contribution in [1.29, 1.82) is 0 Å². The summed E-state index contributed by atoms with van der Waals surface area (Å²) in [4.78, 5) is 0. The summed E-state index contributed by atoms with van der Waals surface area (Å²) in [6.07, 6.45) is 4.33. The van der Waals surface area contributed by atoms with Crippen LogP contribution in [0.15, 0.2) is 24.3 Å². The fraction of sp³-hybridized carbons (Fsp3) is 0.625. The van der Waals surface area contributed by atoms with Crippen LogP contribution in [-0.4, -0.2) is 23.8 Å². The molecule has 18 heavy (non-hydrogen) atoms. The molecule has 100 valence electrons. The first-order valence-electron chi connectivity index (χ1n) is 7.16. The molecule has 2 unspecified atom stereocenters. The molecule has 2 heteroatoms. The number of hydrogen-bond acceptors (Lipinski definition) is 2. The second kappa shape index (κ2) is 6.35. The van der Waals surface area contributed by atoms with Gasteiger partial charge in [-0.3, -0.25) is 0 Å². The molecule has 0 heterocycles. The molecular formula is C16H25NO. The van der Waals surface area contributed by atoms with Crippen LogP contribution in [0.3, 0.4) is 0 Å². The van der Waals surface area contributed by atoms with Crippen molar-refractivity contribution in [3.63, 3.8) is 0 Å². The van der Waals surface area contributed by atoms with Gasteiger partial charge in [-0.25, -0.2) is 0 Å². The molecule has 1 aromatic carbocycles. The Bertz CT molecular complexity index is 375. The van der Waals surface area contributed by atoms with E-state index in [-0.39, 0.29) is 6.10 Å². The Morgan fingerprint density at radius 1 is 1.33 bits per heavy atom. The van der Waals surface area contributed by atoms with Gasteiger partial charge in [-0.2, -0.15) is 0 Å². The quantitative estimate of drug-likeness (QED) is 0.838. The van der Waals surface area contributed by atoms with Gasteiger partial charge in [0.15, 0.2) is 0 Å². The van der Waals surface area contributed by atoms with Crippen LogP contribution < -0.4 is 5.32 Å². The fourth-order valence-electron chi connectivity index (χ4n) is 2.88. The zero-order valence-corrected chi connectivity index (χ0v) is 11.5. The number of fused-ring (bicyclic) bond motifs is 1. The molecule has 0 saturated carbocycles. The summed E-state index contributed by atoms with van der Waals surface area (Å²) in [6, 6.07) is 9.16. The molecule has 1 aliphatic carbocycles. The maximum atomic E-state index is 10.1. The van der Waals surface area contributed by atoms with Crippen LogP contribution in [-0.2, 0) is 6.42 Å². The third-order valence-corrected chi connectivity index (χ3v) is 3.81. The predicted molar refractivity (Wildman–Crippen MR) is 75.9 cm³/mol. The van der Waals surface area contributed by atoms with E-state index in [2.05, 4.69) is 43.4 Å². The maximum absolute atomic E-state index is 10.1. The molecule has 2 atom stereocenters. The Kier molecular flexibility index (Phi) is 4.79. The van der Waals surface area contributed by atoms with Crippen LogP contribution in [0.5, 0.6) is 0 Å². The van der Waals surface area contributed by atoms with Gasteiger partial charge in [-0.1, -0.05) is 38.1 Å². The maximum Gasteiger partial charge on any atom is 0.0670 e. The smallest absolute Gasteiger partial charge is 0.0670 e. The number of aliphatic hydroxyl groups excluding tert-OH is 1. The molecule has 0 spiro atoms. The lowest BCUT2D eigenvalue weighted by molar-refractivity contribution is 0.147. The summed E-state index contributed by atoms with van der Waals surface area (Å²) in [6.45, 7) is 4.93. The minimum Gasteiger partial charge on any atom is -0.392 e. The van der Waals surface area contributed by atoms with E-state index in [9.17, 15) is 5.11 Å². The topological polar surface area (TPSA) is 32.3 Å². The van der Waals surface area contributed by atoms with E-state index < -0.39 is 0 Å². The molecule has 2 nitrogen and oxygen atoms in total. The van der Waals surface area contributed by atoms with Crippen molar-refractivity contribution in [3.8, 4) is 0 Å². The van der Waals surface area contributed by atoms with Crippen LogP contribution in [0.1, 0.15) is 50.2 Å². The zero-order valence-electron chi connectivity index (χ0n) is 11.5. The van der Waals surface area contributed by atoms with Crippen molar-refractivity contribution in [2.75, 3.05) is 6.54 Å². The van der Waals surface area contributed by atoms with Gasteiger partial charge in [-0.05, 0) is 42.7 Å². The molecule has 0 radical (unpaired) electrons. The molecule has 0 bridgehead atoms. The van der Waals surface area contributed by atoms with E-state index >= 15 is 0 Å². The average molecular weight is 247 g/mol. The number of rotatable bonds is 5. The van der Waals surface area contributed by atoms with Gasteiger partial charge in [-0.15, -0.1) is 0 Å². The first kappa shape index (κ1) is 13.6. The largest absolute Gasteiger partial charge is 0.392 e. The summed E-state index contributed by atoms with van der Waals surface area (Å²) in [5, 5.41) is 13.4. The number of nitrogens with one attached hydrogen (secondary N) is 1. The van der Waals surface area contributed by atoms with Crippen molar-refractivity contribution >= 4 is 0 Å². The van der Waals surface area contributed by atoms with Crippen molar-refractivity contribution in [3.05, 3.63) is 35.4 Å². The number of benzene rings is 1. The van der Waals surface area contributed by atoms with Crippen LogP contribution in [0.25, 0.3) is 0 Å². The average Bonchev–Trinajstić information content (AvgIpc) is 2.37. The Morgan fingerprint density at radius 3 is 2.89 bits per heavy atom. The lowest BCUT2D eigenvalue weighted by Crippen LogP contribution is -2.33. The molecule has 0 aromatic heterocycles. The first-order valence-corrected chi connectivity index (χ1v) is 7.16. The van der Waals surface area contributed by atoms with Crippen LogP contribution in [0, 0.1) is 0 Å². The molecule has 0 amide bonds. The summed E-state index contributed by atoms with van der Waals surface area (Å²) < 4.78 is 0.